The maximum absolute atomic E-state index is 12.8. The van der Waals surface area contributed by atoms with Crippen LogP contribution in [0.1, 0.15) is 26.3 Å². The van der Waals surface area contributed by atoms with Crippen LogP contribution in [0.25, 0.3) is 10.2 Å². The van der Waals surface area contributed by atoms with E-state index in [-0.39, 0.29) is 11.8 Å². The van der Waals surface area contributed by atoms with Gasteiger partial charge in [0.1, 0.15) is 12.1 Å². The van der Waals surface area contributed by atoms with Gasteiger partial charge in [-0.05, 0) is 36.8 Å². The highest BCUT2D eigenvalue weighted by Gasteiger charge is 2.17. The first kappa shape index (κ1) is 18.6. The molecule has 0 bridgehead atoms. The molecule has 0 aliphatic carbocycles. The molecule has 0 spiro atoms. The maximum Gasteiger partial charge on any atom is 0.258 e. The lowest BCUT2D eigenvalue weighted by Gasteiger charge is -2.11. The second kappa shape index (κ2) is 7.69. The summed E-state index contributed by atoms with van der Waals surface area (Å²) in [4.78, 5) is 33.3. The van der Waals surface area contributed by atoms with Gasteiger partial charge >= 0.3 is 0 Å². The Morgan fingerprint density at radius 2 is 1.79 bits per heavy atom. The van der Waals surface area contributed by atoms with Crippen LogP contribution in [0.2, 0.25) is 0 Å². The SMILES string of the molecule is Cc1ccc(NC(=O)c2ccccc2)cc1NC(=O)c1csc2c(N)ncnc12. The van der Waals surface area contributed by atoms with Gasteiger partial charge in [0.15, 0.2) is 0 Å². The number of aromatic nitrogens is 2. The topological polar surface area (TPSA) is 110 Å². The van der Waals surface area contributed by atoms with Gasteiger partial charge in [-0.15, -0.1) is 11.3 Å². The van der Waals surface area contributed by atoms with Crippen molar-refractivity contribution in [2.75, 3.05) is 16.4 Å². The van der Waals surface area contributed by atoms with E-state index in [1.54, 1.807) is 41.8 Å². The number of hydrogen-bond donors (Lipinski definition) is 3. The summed E-state index contributed by atoms with van der Waals surface area (Å²) in [5, 5.41) is 7.45. The Bertz CT molecular complexity index is 1220. The number of fused-ring (bicyclic) bond motifs is 1. The van der Waals surface area contributed by atoms with Gasteiger partial charge in [-0.2, -0.15) is 0 Å². The Balaban J connectivity index is 1.57. The Morgan fingerprint density at radius 3 is 2.59 bits per heavy atom. The molecule has 2 aromatic carbocycles. The normalized spacial score (nSPS) is 10.7. The Kier molecular flexibility index (Phi) is 4.92. The third kappa shape index (κ3) is 3.78. The first-order valence-electron chi connectivity index (χ1n) is 8.79. The molecule has 0 aliphatic heterocycles. The zero-order valence-electron chi connectivity index (χ0n) is 15.5. The number of anilines is 3. The van der Waals surface area contributed by atoms with E-state index in [2.05, 4.69) is 20.6 Å². The van der Waals surface area contributed by atoms with Crippen molar-refractivity contribution in [3.05, 3.63) is 76.9 Å². The fraction of sp³-hybridized carbons (Fsp3) is 0.0476. The van der Waals surface area contributed by atoms with Crippen LogP contribution in [0.5, 0.6) is 0 Å². The molecule has 7 nitrogen and oxygen atoms in total. The first-order valence-corrected chi connectivity index (χ1v) is 9.67. The summed E-state index contributed by atoms with van der Waals surface area (Å²) in [6, 6.07) is 14.3. The number of nitrogens with one attached hydrogen (secondary N) is 2. The van der Waals surface area contributed by atoms with E-state index in [1.807, 2.05) is 19.1 Å². The standard InChI is InChI=1S/C21H17N5O2S/c1-12-7-8-14(25-20(27)13-5-3-2-4-6-13)9-16(12)26-21(28)15-10-29-18-17(15)23-11-24-19(18)22/h2-11H,1H3,(H,25,27)(H,26,28)(H2,22,23,24). The van der Waals surface area contributed by atoms with Crippen molar-refractivity contribution in [3.63, 3.8) is 0 Å². The average molecular weight is 403 g/mol. The van der Waals surface area contributed by atoms with E-state index >= 15 is 0 Å². The molecule has 2 aromatic heterocycles. The van der Waals surface area contributed by atoms with E-state index in [1.165, 1.54) is 17.7 Å². The largest absolute Gasteiger partial charge is 0.382 e. The second-order valence-corrected chi connectivity index (χ2v) is 7.27. The molecule has 0 atom stereocenters. The van der Waals surface area contributed by atoms with Gasteiger partial charge < -0.3 is 16.4 Å². The number of amides is 2. The molecule has 2 heterocycles. The van der Waals surface area contributed by atoms with Crippen LogP contribution < -0.4 is 16.4 Å². The Labute approximate surface area is 170 Å². The van der Waals surface area contributed by atoms with Crippen molar-refractivity contribution in [1.29, 1.82) is 0 Å². The molecule has 0 saturated carbocycles. The smallest absolute Gasteiger partial charge is 0.258 e. The average Bonchev–Trinajstić information content (AvgIpc) is 3.17. The highest BCUT2D eigenvalue weighted by Crippen LogP contribution is 2.29. The van der Waals surface area contributed by atoms with Gasteiger partial charge in [-0.25, -0.2) is 9.97 Å². The summed E-state index contributed by atoms with van der Waals surface area (Å²) >= 11 is 1.32. The van der Waals surface area contributed by atoms with E-state index < -0.39 is 0 Å². The van der Waals surface area contributed by atoms with Gasteiger partial charge in [-0.1, -0.05) is 24.3 Å². The molecule has 4 rings (SSSR count). The first-order chi connectivity index (χ1) is 14.0. The summed E-state index contributed by atoms with van der Waals surface area (Å²) < 4.78 is 0.679. The number of nitrogens with two attached hydrogens (primary N) is 1. The molecule has 4 N–H and O–H groups in total. The van der Waals surface area contributed by atoms with Gasteiger partial charge in [0.25, 0.3) is 11.8 Å². The number of nitrogen functional groups attached to an aromatic ring is 1. The lowest BCUT2D eigenvalue weighted by atomic mass is 10.1. The number of nitrogens with zero attached hydrogens (tertiary/aromatic N) is 2. The zero-order chi connectivity index (χ0) is 20.4. The molecule has 0 fully saturated rings. The van der Waals surface area contributed by atoms with Crippen LogP contribution in [-0.2, 0) is 0 Å². The van der Waals surface area contributed by atoms with Crippen LogP contribution >= 0.6 is 11.3 Å². The zero-order valence-corrected chi connectivity index (χ0v) is 16.3. The minimum Gasteiger partial charge on any atom is -0.382 e. The minimum absolute atomic E-state index is 0.220. The summed E-state index contributed by atoms with van der Waals surface area (Å²) in [5.74, 6) is -0.174. The minimum atomic E-state index is -0.302. The summed E-state index contributed by atoms with van der Waals surface area (Å²) in [5.41, 5.74) is 9.40. The van der Waals surface area contributed by atoms with Crippen molar-refractivity contribution in [3.8, 4) is 0 Å². The fourth-order valence-electron chi connectivity index (χ4n) is 2.85. The van der Waals surface area contributed by atoms with E-state index in [9.17, 15) is 9.59 Å². The molecule has 0 radical (unpaired) electrons. The Morgan fingerprint density at radius 1 is 1.00 bits per heavy atom. The van der Waals surface area contributed by atoms with Crippen LogP contribution in [0, 0.1) is 6.92 Å². The van der Waals surface area contributed by atoms with E-state index in [4.69, 9.17) is 5.73 Å². The summed E-state index contributed by atoms with van der Waals surface area (Å²) in [6.07, 6.45) is 1.34. The van der Waals surface area contributed by atoms with Crippen LogP contribution in [-0.4, -0.2) is 21.8 Å². The molecule has 29 heavy (non-hydrogen) atoms. The van der Waals surface area contributed by atoms with Crippen molar-refractivity contribution in [2.24, 2.45) is 0 Å². The van der Waals surface area contributed by atoms with Gasteiger partial charge in [0, 0.05) is 22.3 Å². The number of carbonyl (C=O) groups excluding carboxylic acids is 2. The number of rotatable bonds is 4. The fourth-order valence-corrected chi connectivity index (χ4v) is 3.75. The van der Waals surface area contributed by atoms with Gasteiger partial charge in [-0.3, -0.25) is 9.59 Å². The molecule has 8 heteroatoms. The predicted octanol–water partition coefficient (Wildman–Crippen LogP) is 4.09. The third-order valence-electron chi connectivity index (χ3n) is 4.41. The number of thiophene rings is 1. The molecule has 0 saturated heterocycles. The van der Waals surface area contributed by atoms with E-state index in [0.717, 1.165) is 5.56 Å². The van der Waals surface area contributed by atoms with Crippen molar-refractivity contribution in [1.82, 2.24) is 9.97 Å². The van der Waals surface area contributed by atoms with Crippen molar-refractivity contribution < 1.29 is 9.59 Å². The monoisotopic (exact) mass is 403 g/mol. The van der Waals surface area contributed by atoms with Crippen molar-refractivity contribution >= 4 is 50.6 Å². The maximum atomic E-state index is 12.8. The quantitative estimate of drug-likeness (QED) is 0.475. The highest BCUT2D eigenvalue weighted by atomic mass is 32.1. The molecule has 2 amide bonds. The predicted molar refractivity (Wildman–Crippen MR) is 115 cm³/mol. The number of benzene rings is 2. The number of hydrogen-bond acceptors (Lipinski definition) is 6. The van der Waals surface area contributed by atoms with Gasteiger partial charge in [0.05, 0.1) is 15.8 Å². The second-order valence-electron chi connectivity index (χ2n) is 6.39. The van der Waals surface area contributed by atoms with Crippen LogP contribution in [0.4, 0.5) is 17.2 Å². The number of carbonyl (C=O) groups is 2. The van der Waals surface area contributed by atoms with E-state index in [0.29, 0.717) is 38.5 Å². The summed E-state index contributed by atoms with van der Waals surface area (Å²) in [6.45, 7) is 1.88. The molecular weight excluding hydrogens is 386 g/mol. The van der Waals surface area contributed by atoms with Crippen LogP contribution in [0.3, 0.4) is 0 Å². The lowest BCUT2D eigenvalue weighted by molar-refractivity contribution is 0.102. The highest BCUT2D eigenvalue weighted by molar-refractivity contribution is 7.18. The summed E-state index contributed by atoms with van der Waals surface area (Å²) in [7, 11) is 0. The van der Waals surface area contributed by atoms with Gasteiger partial charge in [0.2, 0.25) is 0 Å². The molecule has 0 unspecified atom stereocenters. The number of aryl methyl sites for hydroxylation is 1. The molecule has 144 valence electrons. The lowest BCUT2D eigenvalue weighted by Crippen LogP contribution is -2.14. The molecule has 4 aromatic rings. The molecule has 0 aliphatic rings. The third-order valence-corrected chi connectivity index (χ3v) is 5.40. The van der Waals surface area contributed by atoms with Crippen LogP contribution in [0.15, 0.2) is 60.2 Å². The molecular formula is C21H17N5O2S. The Hall–Kier alpha value is -3.78. The van der Waals surface area contributed by atoms with Crippen molar-refractivity contribution in [2.45, 2.75) is 6.92 Å².